The van der Waals surface area contributed by atoms with Crippen LogP contribution in [0.4, 0.5) is 0 Å². The van der Waals surface area contributed by atoms with Crippen molar-refractivity contribution in [3.63, 3.8) is 0 Å². The van der Waals surface area contributed by atoms with Gasteiger partial charge in [0.2, 0.25) is 0 Å². The predicted molar refractivity (Wildman–Crippen MR) is 65.1 cm³/mol. The predicted octanol–water partition coefficient (Wildman–Crippen LogP) is 2.23. The van der Waals surface area contributed by atoms with Gasteiger partial charge in [-0.05, 0) is 12.8 Å². The minimum absolute atomic E-state index is 0. The molecule has 0 bridgehead atoms. The molecule has 0 aromatic rings. The van der Waals surface area contributed by atoms with Crippen LogP contribution in [0.15, 0.2) is 0 Å². The van der Waals surface area contributed by atoms with Crippen LogP contribution in [0.5, 0.6) is 0 Å². The zero-order chi connectivity index (χ0) is 12.2. The molecule has 0 atom stereocenters. The molecule has 0 spiro atoms. The highest BCUT2D eigenvalue weighted by molar-refractivity contribution is 5.66. The summed E-state index contributed by atoms with van der Waals surface area (Å²) in [5.41, 5.74) is 0. The van der Waals surface area contributed by atoms with Crippen molar-refractivity contribution in [1.29, 1.82) is 0 Å². The summed E-state index contributed by atoms with van der Waals surface area (Å²) < 4.78 is 0. The molecule has 0 saturated carbocycles. The molecule has 102 valence electrons. The summed E-state index contributed by atoms with van der Waals surface area (Å²) in [6, 6.07) is 0. The van der Waals surface area contributed by atoms with Crippen LogP contribution in [0.1, 0.15) is 64.2 Å². The average molecular weight is 248 g/mol. The standard InChI is InChI=1S/C12H22O4.H2O/c13-11(14)9-7-5-3-1-2-4-6-8-10-12(15)16;/h1-10H2,(H,13,14)(H,15,16);1H2. The van der Waals surface area contributed by atoms with Crippen molar-refractivity contribution in [3.8, 4) is 0 Å². The Kier molecular flexibility index (Phi) is 13.9. The summed E-state index contributed by atoms with van der Waals surface area (Å²) in [5, 5.41) is 16.8. The summed E-state index contributed by atoms with van der Waals surface area (Å²) >= 11 is 0. The molecule has 0 aliphatic rings. The van der Waals surface area contributed by atoms with Crippen LogP contribution < -0.4 is 0 Å². The zero-order valence-corrected chi connectivity index (χ0v) is 10.3. The first-order valence-corrected chi connectivity index (χ1v) is 6.06. The van der Waals surface area contributed by atoms with Gasteiger partial charge in [-0.2, -0.15) is 0 Å². The molecule has 0 aromatic heterocycles. The second-order valence-corrected chi connectivity index (χ2v) is 4.12. The van der Waals surface area contributed by atoms with Crippen LogP contribution in [0.2, 0.25) is 0 Å². The average Bonchev–Trinajstić information content (AvgIpc) is 2.20. The fraction of sp³-hybridized carbons (Fsp3) is 0.833. The van der Waals surface area contributed by atoms with E-state index in [-0.39, 0.29) is 18.3 Å². The Morgan fingerprint density at radius 1 is 0.588 bits per heavy atom. The maximum absolute atomic E-state index is 10.2. The van der Waals surface area contributed by atoms with Crippen LogP contribution in [-0.4, -0.2) is 27.6 Å². The van der Waals surface area contributed by atoms with E-state index in [1.54, 1.807) is 0 Å². The lowest BCUT2D eigenvalue weighted by Gasteiger charge is -2.00. The molecule has 17 heavy (non-hydrogen) atoms. The lowest BCUT2D eigenvalue weighted by atomic mass is 10.1. The molecule has 0 saturated heterocycles. The third-order valence-electron chi connectivity index (χ3n) is 2.53. The summed E-state index contributed by atoms with van der Waals surface area (Å²) in [4.78, 5) is 20.4. The first kappa shape index (κ1) is 18.3. The summed E-state index contributed by atoms with van der Waals surface area (Å²) in [6.07, 6.45) is 8.51. The van der Waals surface area contributed by atoms with Crippen LogP contribution >= 0.6 is 0 Å². The van der Waals surface area contributed by atoms with Crippen LogP contribution in [0.25, 0.3) is 0 Å². The van der Waals surface area contributed by atoms with Gasteiger partial charge in [0.15, 0.2) is 0 Å². The van der Waals surface area contributed by atoms with Crippen LogP contribution in [0.3, 0.4) is 0 Å². The second-order valence-electron chi connectivity index (χ2n) is 4.12. The Morgan fingerprint density at radius 2 is 0.824 bits per heavy atom. The van der Waals surface area contributed by atoms with Gasteiger partial charge in [0.1, 0.15) is 0 Å². The van der Waals surface area contributed by atoms with Crippen molar-refractivity contribution in [3.05, 3.63) is 0 Å². The Hall–Kier alpha value is -1.10. The first-order valence-electron chi connectivity index (χ1n) is 6.06. The molecule has 0 aliphatic heterocycles. The third kappa shape index (κ3) is 17.5. The topological polar surface area (TPSA) is 106 Å². The molecule has 0 aliphatic carbocycles. The lowest BCUT2D eigenvalue weighted by molar-refractivity contribution is -0.138. The summed E-state index contributed by atoms with van der Waals surface area (Å²) in [7, 11) is 0. The quantitative estimate of drug-likeness (QED) is 0.547. The van der Waals surface area contributed by atoms with E-state index in [2.05, 4.69) is 0 Å². The number of hydrogen-bond acceptors (Lipinski definition) is 2. The maximum atomic E-state index is 10.2. The van der Waals surface area contributed by atoms with Gasteiger partial charge in [-0.15, -0.1) is 0 Å². The van der Waals surface area contributed by atoms with E-state index in [4.69, 9.17) is 10.2 Å². The van der Waals surface area contributed by atoms with Gasteiger partial charge in [0.25, 0.3) is 0 Å². The minimum atomic E-state index is -0.714. The second kappa shape index (κ2) is 13.0. The van der Waals surface area contributed by atoms with Gasteiger partial charge in [-0.25, -0.2) is 0 Å². The van der Waals surface area contributed by atoms with Gasteiger partial charge in [0, 0.05) is 12.8 Å². The number of carboxylic acids is 2. The molecule has 5 nitrogen and oxygen atoms in total. The summed E-state index contributed by atoms with van der Waals surface area (Å²) in [6.45, 7) is 0. The van der Waals surface area contributed by atoms with Crippen molar-refractivity contribution >= 4 is 11.9 Å². The van der Waals surface area contributed by atoms with Gasteiger partial charge >= 0.3 is 11.9 Å². The van der Waals surface area contributed by atoms with E-state index in [9.17, 15) is 9.59 Å². The summed E-state index contributed by atoms with van der Waals surface area (Å²) in [5.74, 6) is -1.43. The maximum Gasteiger partial charge on any atom is 0.303 e. The third-order valence-corrected chi connectivity index (χ3v) is 2.53. The molecule has 5 heteroatoms. The number of rotatable bonds is 11. The zero-order valence-electron chi connectivity index (χ0n) is 10.3. The minimum Gasteiger partial charge on any atom is -0.481 e. The molecule has 0 fully saturated rings. The highest BCUT2D eigenvalue weighted by Crippen LogP contribution is 2.10. The van der Waals surface area contributed by atoms with Crippen LogP contribution in [0, 0.1) is 0 Å². The van der Waals surface area contributed by atoms with E-state index in [1.807, 2.05) is 0 Å². The number of hydrogen-bond donors (Lipinski definition) is 2. The lowest BCUT2D eigenvalue weighted by Crippen LogP contribution is -1.94. The molecule has 4 N–H and O–H groups in total. The van der Waals surface area contributed by atoms with E-state index in [0.717, 1.165) is 51.4 Å². The number of carboxylic acid groups (broad SMARTS) is 2. The van der Waals surface area contributed by atoms with Crippen LogP contribution in [-0.2, 0) is 9.59 Å². The number of aliphatic carboxylic acids is 2. The molecular formula is C12H24O5. The Morgan fingerprint density at radius 3 is 1.06 bits per heavy atom. The van der Waals surface area contributed by atoms with Crippen molar-refractivity contribution < 1.29 is 25.3 Å². The molecule has 0 radical (unpaired) electrons. The number of carbonyl (C=O) groups is 2. The highest BCUT2D eigenvalue weighted by Gasteiger charge is 1.98. The first-order chi connectivity index (χ1) is 7.63. The van der Waals surface area contributed by atoms with Gasteiger partial charge in [0.05, 0.1) is 0 Å². The normalized spacial score (nSPS) is 9.65. The van der Waals surface area contributed by atoms with Crippen molar-refractivity contribution in [2.24, 2.45) is 0 Å². The van der Waals surface area contributed by atoms with Gasteiger partial charge in [-0.1, -0.05) is 38.5 Å². The molecule has 0 heterocycles. The molecule has 0 aromatic carbocycles. The van der Waals surface area contributed by atoms with Crippen molar-refractivity contribution in [2.45, 2.75) is 64.2 Å². The molecule has 0 rings (SSSR count). The van der Waals surface area contributed by atoms with Gasteiger partial charge in [-0.3, -0.25) is 9.59 Å². The highest BCUT2D eigenvalue weighted by atomic mass is 16.4. The van der Waals surface area contributed by atoms with Crippen molar-refractivity contribution in [2.75, 3.05) is 0 Å². The van der Waals surface area contributed by atoms with E-state index in [1.165, 1.54) is 0 Å². The smallest absolute Gasteiger partial charge is 0.303 e. The molecular weight excluding hydrogens is 224 g/mol. The monoisotopic (exact) mass is 248 g/mol. The molecule has 0 unspecified atom stereocenters. The van der Waals surface area contributed by atoms with E-state index < -0.39 is 11.9 Å². The van der Waals surface area contributed by atoms with E-state index in [0.29, 0.717) is 0 Å². The Balaban J connectivity index is 0. The SMILES string of the molecule is O.O=C(O)CCCCCCCCCCC(=O)O. The fourth-order valence-corrected chi connectivity index (χ4v) is 1.61. The van der Waals surface area contributed by atoms with Gasteiger partial charge < -0.3 is 15.7 Å². The number of unbranched alkanes of at least 4 members (excludes halogenated alkanes) is 7. The Bertz CT molecular complexity index is 181. The van der Waals surface area contributed by atoms with Crippen molar-refractivity contribution in [1.82, 2.24) is 0 Å². The largest absolute Gasteiger partial charge is 0.481 e. The fourth-order valence-electron chi connectivity index (χ4n) is 1.61. The van der Waals surface area contributed by atoms with E-state index >= 15 is 0 Å². The Labute approximate surface area is 102 Å². The molecule has 0 amide bonds.